The minimum Gasteiger partial charge on any atom is -0.507 e. The second-order valence-electron chi connectivity index (χ2n) is 34.9. The molecule has 0 radical (unpaired) electrons. The topological polar surface area (TPSA) is 80.9 Å². The zero-order valence-corrected chi connectivity index (χ0v) is 66.4. The third kappa shape index (κ3) is 20.6. The quantitative estimate of drug-likeness (QED) is 0.0563. The van der Waals surface area contributed by atoms with E-state index in [2.05, 4.69) is 271 Å². The Morgan fingerprint density at radius 3 is 0.928 bits per heavy atom. The molecule has 0 spiro atoms. The van der Waals surface area contributed by atoms with E-state index < -0.39 is 5.41 Å². The van der Waals surface area contributed by atoms with Crippen LogP contribution >= 0.6 is 47.0 Å². The zero-order chi connectivity index (χ0) is 71.1. The Morgan fingerprint density at radius 1 is 0.330 bits per heavy atom. The first-order valence-electron chi connectivity index (χ1n) is 36.4. The average molecular weight is 1380 g/mol. The van der Waals surface area contributed by atoms with E-state index in [9.17, 15) is 20.4 Å². The first kappa shape index (κ1) is 77.8. The molecular formula is C89H120O4S4. The van der Waals surface area contributed by atoms with E-state index in [0.717, 1.165) is 82.4 Å². The van der Waals surface area contributed by atoms with Crippen LogP contribution in [0.25, 0.3) is 0 Å². The van der Waals surface area contributed by atoms with Crippen molar-refractivity contribution in [2.24, 2.45) is 10.8 Å². The maximum atomic E-state index is 12.9. The van der Waals surface area contributed by atoms with E-state index in [0.29, 0.717) is 66.6 Å². The predicted molar refractivity (Wildman–Crippen MR) is 426 cm³/mol. The molecule has 0 heterocycles. The van der Waals surface area contributed by atoms with Crippen LogP contribution in [0.4, 0.5) is 0 Å². The molecule has 4 N–H and O–H groups in total. The van der Waals surface area contributed by atoms with Crippen LogP contribution in [0.2, 0.25) is 0 Å². The molecule has 0 aliphatic heterocycles. The Hall–Kier alpha value is -4.96. The summed E-state index contributed by atoms with van der Waals surface area (Å²) in [6.45, 7) is 44.8. The van der Waals surface area contributed by atoms with Crippen molar-refractivity contribution in [2.45, 2.75) is 298 Å². The number of aromatic hydroxyl groups is 4. The molecule has 97 heavy (non-hydrogen) atoms. The molecule has 6 aromatic carbocycles. The first-order valence-corrected chi connectivity index (χ1v) is 40.5. The number of hydrogen-bond donors (Lipinski definition) is 4. The summed E-state index contributed by atoms with van der Waals surface area (Å²) >= 11 is 8.04. The van der Waals surface area contributed by atoms with E-state index in [1.807, 2.05) is 47.0 Å². The number of rotatable bonds is 20. The summed E-state index contributed by atoms with van der Waals surface area (Å²) in [5, 5.41) is 51.0. The highest BCUT2D eigenvalue weighted by molar-refractivity contribution is 8.03. The largest absolute Gasteiger partial charge is 0.507 e. The Bertz CT molecular complexity index is 3770. The molecule has 6 aromatic rings. The van der Waals surface area contributed by atoms with Gasteiger partial charge in [0.1, 0.15) is 23.0 Å². The molecule has 2 aliphatic rings. The van der Waals surface area contributed by atoms with E-state index >= 15 is 0 Å². The van der Waals surface area contributed by atoms with Crippen molar-refractivity contribution in [3.8, 4) is 46.7 Å². The van der Waals surface area contributed by atoms with Gasteiger partial charge in [-0.2, -0.15) is 47.0 Å². The minimum absolute atomic E-state index is 0.0943. The fourth-order valence-corrected chi connectivity index (χ4v) is 20.4. The van der Waals surface area contributed by atoms with Crippen LogP contribution in [-0.2, 0) is 55.5 Å². The molecular weight excluding hydrogens is 1260 g/mol. The standard InChI is InChI=1S/C89H120O4S4/c1-82(2,3)45-43-60-47-68(84(7,8)9)49-62(78(60)90)55-94-74-39-31-21-22-32-40-75(74)95-56-63-51-70(48-61(79(63)91)44-46-83(4,5)6)86(13,14)59-87(15,16)71-52-65(81(93)73(54-71)89(19,20)67-37-29-26-30-38-67)58-97-77-42-34-24-23-33-41-76(77)96-57-64-50-69(85(10,11)12)53-72(80(64)92)88(17,18)66-35-27-25-28-36-66/h25-30,35-38,47-54,74-77,90-93H,21-24,31-34,39-42,55-59H2,1-20H3/t74-,75?,76?,77?/m0/s1. The lowest BCUT2D eigenvalue weighted by Gasteiger charge is -2.38. The molecule has 0 saturated heterocycles. The van der Waals surface area contributed by atoms with Gasteiger partial charge in [-0.15, -0.1) is 0 Å². The fraction of sp³-hybridized carbons (Fsp3) is 0.551. The van der Waals surface area contributed by atoms with Crippen LogP contribution in [0.15, 0.2) is 109 Å². The van der Waals surface area contributed by atoms with E-state index in [1.54, 1.807) is 0 Å². The van der Waals surface area contributed by atoms with Gasteiger partial charge in [-0.25, -0.2) is 0 Å². The summed E-state index contributed by atoms with van der Waals surface area (Å²) in [6, 6.07) is 39.3. The highest BCUT2D eigenvalue weighted by atomic mass is 32.2. The van der Waals surface area contributed by atoms with Gasteiger partial charge in [0.2, 0.25) is 0 Å². The highest BCUT2D eigenvalue weighted by Gasteiger charge is 2.38. The van der Waals surface area contributed by atoms with Gasteiger partial charge in [-0.3, -0.25) is 0 Å². The van der Waals surface area contributed by atoms with Crippen molar-refractivity contribution in [1.29, 1.82) is 0 Å². The monoisotopic (exact) mass is 1380 g/mol. The van der Waals surface area contributed by atoms with E-state index in [4.69, 9.17) is 0 Å². The van der Waals surface area contributed by atoms with Crippen molar-refractivity contribution in [1.82, 2.24) is 0 Å². The van der Waals surface area contributed by atoms with Crippen LogP contribution in [0.3, 0.4) is 0 Å². The predicted octanol–water partition coefficient (Wildman–Crippen LogP) is 24.7. The van der Waals surface area contributed by atoms with E-state index in [-0.39, 0.29) is 43.7 Å². The number of phenolic OH excluding ortho intramolecular Hbond substituents is 4. The molecule has 524 valence electrons. The highest BCUT2D eigenvalue weighted by Crippen LogP contribution is 2.50. The first-order chi connectivity index (χ1) is 45.2. The SMILES string of the molecule is CC(C)(C)C#Cc1cc(C(C)(C)CC(C)(C)c2cc(CSC3CCCCCCC3SCc3cc(C(C)(C)C)cc(C(C)(C)c4ccccc4)c3O)c(O)c(C(C)(C)c3ccccc3)c2)cc(CSC2CCCCCC[C@@H]2SCc2cc(C(C)(C)C)cc(C#CC(C)(C)C)c2O)c1O. The molecule has 2 fully saturated rings. The van der Waals surface area contributed by atoms with Gasteiger partial charge in [0.05, 0.1) is 11.1 Å². The van der Waals surface area contributed by atoms with Gasteiger partial charge in [0, 0.05) is 99.1 Å². The van der Waals surface area contributed by atoms with Crippen molar-refractivity contribution >= 4 is 47.0 Å². The van der Waals surface area contributed by atoms with Crippen LogP contribution in [0, 0.1) is 34.5 Å². The van der Waals surface area contributed by atoms with Gasteiger partial charge in [-0.05, 0) is 141 Å². The van der Waals surface area contributed by atoms with Crippen molar-refractivity contribution in [3.63, 3.8) is 0 Å². The molecule has 0 aromatic heterocycles. The maximum Gasteiger partial charge on any atom is 0.135 e. The number of phenols is 4. The van der Waals surface area contributed by atoms with Gasteiger partial charge in [0.25, 0.3) is 0 Å². The zero-order valence-electron chi connectivity index (χ0n) is 63.1. The van der Waals surface area contributed by atoms with Crippen molar-refractivity contribution < 1.29 is 20.4 Å². The fourth-order valence-electron chi connectivity index (χ4n) is 14.2. The summed E-state index contributed by atoms with van der Waals surface area (Å²) < 4.78 is 0. The molecule has 8 rings (SSSR count). The average Bonchev–Trinajstić information content (AvgIpc) is 0.765. The number of hydrogen-bond acceptors (Lipinski definition) is 8. The normalized spacial score (nSPS) is 18.2. The van der Waals surface area contributed by atoms with Crippen LogP contribution in [-0.4, -0.2) is 41.4 Å². The lowest BCUT2D eigenvalue weighted by molar-refractivity contribution is 0.347. The minimum atomic E-state index is -0.496. The molecule has 8 heteroatoms. The Labute approximate surface area is 606 Å². The Kier molecular flexibility index (Phi) is 25.6. The van der Waals surface area contributed by atoms with E-state index in [1.165, 1.54) is 73.6 Å². The Balaban J connectivity index is 1.10. The van der Waals surface area contributed by atoms with Gasteiger partial charge in [-0.1, -0.05) is 269 Å². The molecule has 4 atom stereocenters. The van der Waals surface area contributed by atoms with Crippen molar-refractivity contribution in [2.75, 3.05) is 0 Å². The smallest absolute Gasteiger partial charge is 0.135 e. The summed E-state index contributed by atoms with van der Waals surface area (Å²) in [4.78, 5) is 0. The molecule has 0 bridgehead atoms. The van der Waals surface area contributed by atoms with Crippen molar-refractivity contribution in [3.05, 3.63) is 187 Å². The molecule has 3 unspecified atom stereocenters. The summed E-state index contributed by atoms with van der Waals surface area (Å²) in [6.07, 6.45) is 15.0. The molecule has 2 saturated carbocycles. The Morgan fingerprint density at radius 2 is 0.608 bits per heavy atom. The second kappa shape index (κ2) is 31.9. The van der Waals surface area contributed by atoms with Gasteiger partial charge < -0.3 is 20.4 Å². The summed E-state index contributed by atoms with van der Waals surface area (Å²) in [7, 11) is 0. The molecule has 0 amide bonds. The van der Waals surface area contributed by atoms with Crippen LogP contribution in [0.5, 0.6) is 23.0 Å². The van der Waals surface area contributed by atoms with Crippen LogP contribution < -0.4 is 0 Å². The van der Waals surface area contributed by atoms with Gasteiger partial charge in [0.15, 0.2) is 0 Å². The molecule has 4 nitrogen and oxygen atoms in total. The maximum absolute atomic E-state index is 12.9. The summed E-state index contributed by atoms with van der Waals surface area (Å²) in [5.41, 5.74) is 12.1. The summed E-state index contributed by atoms with van der Waals surface area (Å²) in [5.74, 6) is 18.0. The number of benzene rings is 6. The lowest BCUT2D eigenvalue weighted by Crippen LogP contribution is -2.31. The number of thioether (sulfide) groups is 4. The lowest BCUT2D eigenvalue weighted by atomic mass is 9.67. The third-order valence-corrected chi connectivity index (χ3v) is 26.7. The van der Waals surface area contributed by atoms with Crippen LogP contribution in [0.1, 0.15) is 300 Å². The molecule has 2 aliphatic carbocycles. The third-order valence-electron chi connectivity index (χ3n) is 20.5. The van der Waals surface area contributed by atoms with Gasteiger partial charge >= 0.3 is 0 Å². The second-order valence-corrected chi connectivity index (χ2v) is 39.8.